The van der Waals surface area contributed by atoms with E-state index in [9.17, 15) is 4.79 Å². The molecule has 0 atom stereocenters. The van der Waals surface area contributed by atoms with Crippen molar-refractivity contribution >= 4 is 23.1 Å². The maximum atomic E-state index is 12.5. The standard InChI is InChI=1S/C21H18N4O3/c1-27-18-9-15(10-19(11-18)28-2)21(26)25-17-7-8-20(23-13-17)24-16-5-3-14(12-22)4-6-16/h3-11,13H,1-2H3,(H,23,24)(H,25,26). The number of methoxy groups -OCH3 is 2. The van der Waals surface area contributed by atoms with Crippen LogP contribution >= 0.6 is 0 Å². The van der Waals surface area contributed by atoms with Gasteiger partial charge in [-0.15, -0.1) is 0 Å². The van der Waals surface area contributed by atoms with Crippen molar-refractivity contribution in [3.63, 3.8) is 0 Å². The molecule has 0 fully saturated rings. The van der Waals surface area contributed by atoms with E-state index in [-0.39, 0.29) is 5.91 Å². The van der Waals surface area contributed by atoms with E-state index >= 15 is 0 Å². The molecule has 0 saturated heterocycles. The molecule has 3 rings (SSSR count). The first-order valence-electron chi connectivity index (χ1n) is 8.39. The molecule has 0 aliphatic carbocycles. The molecule has 2 N–H and O–H groups in total. The van der Waals surface area contributed by atoms with E-state index in [4.69, 9.17) is 14.7 Å². The van der Waals surface area contributed by atoms with Crippen LogP contribution < -0.4 is 20.1 Å². The quantitative estimate of drug-likeness (QED) is 0.678. The number of anilines is 3. The fraction of sp³-hybridized carbons (Fsp3) is 0.0952. The lowest BCUT2D eigenvalue weighted by Gasteiger charge is -2.10. The van der Waals surface area contributed by atoms with Crippen molar-refractivity contribution in [2.24, 2.45) is 0 Å². The lowest BCUT2D eigenvalue weighted by atomic mass is 10.2. The maximum absolute atomic E-state index is 12.5. The highest BCUT2D eigenvalue weighted by molar-refractivity contribution is 6.04. The number of rotatable bonds is 6. The van der Waals surface area contributed by atoms with E-state index in [1.807, 2.05) is 0 Å². The van der Waals surface area contributed by atoms with Gasteiger partial charge in [0.25, 0.3) is 5.91 Å². The third-order valence-corrected chi connectivity index (χ3v) is 3.92. The van der Waals surface area contributed by atoms with Crippen molar-refractivity contribution < 1.29 is 14.3 Å². The minimum atomic E-state index is -0.299. The van der Waals surface area contributed by atoms with Gasteiger partial charge in [0.1, 0.15) is 17.3 Å². The number of amides is 1. The van der Waals surface area contributed by atoms with E-state index in [1.54, 1.807) is 60.8 Å². The largest absolute Gasteiger partial charge is 0.497 e. The van der Waals surface area contributed by atoms with Crippen molar-refractivity contribution in [3.05, 3.63) is 71.9 Å². The Morgan fingerprint density at radius 3 is 2.14 bits per heavy atom. The average molecular weight is 374 g/mol. The average Bonchev–Trinajstić information content (AvgIpc) is 2.75. The molecule has 0 radical (unpaired) electrons. The zero-order valence-electron chi connectivity index (χ0n) is 15.4. The number of carbonyl (C=O) groups excluding carboxylic acids is 1. The molecular weight excluding hydrogens is 356 g/mol. The minimum absolute atomic E-state index is 0.299. The Hall–Kier alpha value is -4.05. The Balaban J connectivity index is 1.68. The van der Waals surface area contributed by atoms with Gasteiger partial charge >= 0.3 is 0 Å². The molecule has 7 nitrogen and oxygen atoms in total. The van der Waals surface area contributed by atoms with Gasteiger partial charge in [-0.3, -0.25) is 4.79 Å². The van der Waals surface area contributed by atoms with Gasteiger partial charge in [-0.2, -0.15) is 5.26 Å². The summed E-state index contributed by atoms with van der Waals surface area (Å²) in [4.78, 5) is 16.8. The SMILES string of the molecule is COc1cc(OC)cc(C(=O)Nc2ccc(Nc3ccc(C#N)cc3)nc2)c1. The number of carbonyl (C=O) groups is 1. The van der Waals surface area contributed by atoms with Crippen LogP contribution in [0, 0.1) is 11.3 Å². The van der Waals surface area contributed by atoms with Gasteiger partial charge in [-0.05, 0) is 48.5 Å². The van der Waals surface area contributed by atoms with Gasteiger partial charge < -0.3 is 20.1 Å². The number of pyridine rings is 1. The van der Waals surface area contributed by atoms with Crippen molar-refractivity contribution in [3.8, 4) is 17.6 Å². The number of nitrogens with one attached hydrogen (secondary N) is 2. The minimum Gasteiger partial charge on any atom is -0.497 e. The Morgan fingerprint density at radius 1 is 0.964 bits per heavy atom. The van der Waals surface area contributed by atoms with Crippen LogP contribution in [0.1, 0.15) is 15.9 Å². The summed E-state index contributed by atoms with van der Waals surface area (Å²) in [5, 5.41) is 14.8. The molecule has 140 valence electrons. The Bertz CT molecular complexity index is 987. The summed E-state index contributed by atoms with van der Waals surface area (Å²) < 4.78 is 10.4. The van der Waals surface area contributed by atoms with Crippen LogP contribution in [-0.4, -0.2) is 25.1 Å². The van der Waals surface area contributed by atoms with E-state index in [0.29, 0.717) is 34.1 Å². The number of ether oxygens (including phenoxy) is 2. The Labute approximate surface area is 162 Å². The van der Waals surface area contributed by atoms with Crippen LogP contribution in [0.4, 0.5) is 17.2 Å². The molecule has 1 amide bonds. The van der Waals surface area contributed by atoms with Crippen LogP contribution in [-0.2, 0) is 0 Å². The highest BCUT2D eigenvalue weighted by atomic mass is 16.5. The number of hydrogen-bond acceptors (Lipinski definition) is 6. The first-order valence-corrected chi connectivity index (χ1v) is 8.39. The smallest absolute Gasteiger partial charge is 0.255 e. The predicted octanol–water partition coefficient (Wildman–Crippen LogP) is 3.97. The molecular formula is C21H18N4O3. The molecule has 0 saturated carbocycles. The number of nitriles is 1. The van der Waals surface area contributed by atoms with E-state index in [1.165, 1.54) is 14.2 Å². The molecule has 1 aromatic heterocycles. The lowest BCUT2D eigenvalue weighted by Crippen LogP contribution is -2.12. The van der Waals surface area contributed by atoms with Gasteiger partial charge in [0, 0.05) is 17.3 Å². The summed E-state index contributed by atoms with van der Waals surface area (Å²) in [6.45, 7) is 0. The van der Waals surface area contributed by atoms with Gasteiger partial charge in [-0.25, -0.2) is 4.98 Å². The number of nitrogens with zero attached hydrogens (tertiary/aromatic N) is 2. The molecule has 0 bridgehead atoms. The zero-order chi connectivity index (χ0) is 19.9. The summed E-state index contributed by atoms with van der Waals surface area (Å²) in [7, 11) is 3.06. The highest BCUT2D eigenvalue weighted by Crippen LogP contribution is 2.23. The zero-order valence-corrected chi connectivity index (χ0v) is 15.4. The van der Waals surface area contributed by atoms with E-state index in [2.05, 4.69) is 21.7 Å². The topological polar surface area (TPSA) is 96.3 Å². The lowest BCUT2D eigenvalue weighted by molar-refractivity contribution is 0.102. The summed E-state index contributed by atoms with van der Waals surface area (Å²) >= 11 is 0. The second-order valence-corrected chi connectivity index (χ2v) is 5.80. The number of benzene rings is 2. The van der Waals surface area contributed by atoms with Crippen LogP contribution in [0.5, 0.6) is 11.5 Å². The summed E-state index contributed by atoms with van der Waals surface area (Å²) in [6.07, 6.45) is 1.56. The van der Waals surface area contributed by atoms with Crippen molar-refractivity contribution in [2.75, 3.05) is 24.9 Å². The number of aromatic nitrogens is 1. The molecule has 0 aliphatic heterocycles. The molecule has 2 aromatic carbocycles. The highest BCUT2D eigenvalue weighted by Gasteiger charge is 2.10. The normalized spacial score (nSPS) is 9.89. The molecule has 28 heavy (non-hydrogen) atoms. The van der Waals surface area contributed by atoms with Gasteiger partial charge in [0.05, 0.1) is 37.7 Å². The Kier molecular flexibility index (Phi) is 5.72. The first-order chi connectivity index (χ1) is 13.6. The molecule has 3 aromatic rings. The number of hydrogen-bond donors (Lipinski definition) is 2. The van der Waals surface area contributed by atoms with Crippen LogP contribution in [0.3, 0.4) is 0 Å². The molecule has 1 heterocycles. The first kappa shape index (κ1) is 18.7. The van der Waals surface area contributed by atoms with E-state index in [0.717, 1.165) is 5.69 Å². The van der Waals surface area contributed by atoms with Crippen LogP contribution in [0.2, 0.25) is 0 Å². The molecule has 7 heteroatoms. The molecule has 0 spiro atoms. The molecule has 0 unspecified atom stereocenters. The fourth-order valence-corrected chi connectivity index (χ4v) is 2.46. The summed E-state index contributed by atoms with van der Waals surface area (Å²) in [6, 6.07) is 17.6. The van der Waals surface area contributed by atoms with Crippen molar-refractivity contribution in [2.45, 2.75) is 0 Å². The van der Waals surface area contributed by atoms with E-state index < -0.39 is 0 Å². The third-order valence-electron chi connectivity index (χ3n) is 3.92. The third kappa shape index (κ3) is 4.56. The Morgan fingerprint density at radius 2 is 1.61 bits per heavy atom. The van der Waals surface area contributed by atoms with Gasteiger partial charge in [0.2, 0.25) is 0 Å². The van der Waals surface area contributed by atoms with Gasteiger partial charge in [0.15, 0.2) is 0 Å². The predicted molar refractivity (Wildman–Crippen MR) is 106 cm³/mol. The fourth-order valence-electron chi connectivity index (χ4n) is 2.46. The second kappa shape index (κ2) is 8.56. The van der Waals surface area contributed by atoms with Crippen LogP contribution in [0.15, 0.2) is 60.8 Å². The van der Waals surface area contributed by atoms with Gasteiger partial charge in [-0.1, -0.05) is 0 Å². The second-order valence-electron chi connectivity index (χ2n) is 5.80. The summed E-state index contributed by atoms with van der Waals surface area (Å²) in [5.74, 6) is 1.38. The maximum Gasteiger partial charge on any atom is 0.255 e. The molecule has 0 aliphatic rings. The van der Waals surface area contributed by atoms with Crippen LogP contribution in [0.25, 0.3) is 0 Å². The van der Waals surface area contributed by atoms with Crippen molar-refractivity contribution in [1.29, 1.82) is 5.26 Å². The van der Waals surface area contributed by atoms with Crippen molar-refractivity contribution in [1.82, 2.24) is 4.98 Å². The monoisotopic (exact) mass is 374 g/mol. The summed E-state index contributed by atoms with van der Waals surface area (Å²) in [5.41, 5.74) is 2.37.